The van der Waals surface area contributed by atoms with Gasteiger partial charge in [0.25, 0.3) is 5.91 Å². The average Bonchev–Trinajstić information content (AvgIpc) is 3.33. The van der Waals surface area contributed by atoms with Gasteiger partial charge in [-0.05, 0) is 38.1 Å². The highest BCUT2D eigenvalue weighted by atomic mass is 32.1. The van der Waals surface area contributed by atoms with Gasteiger partial charge >= 0.3 is 6.03 Å². The van der Waals surface area contributed by atoms with E-state index in [4.69, 9.17) is 9.72 Å². The predicted molar refractivity (Wildman–Crippen MR) is 120 cm³/mol. The van der Waals surface area contributed by atoms with E-state index < -0.39 is 0 Å². The first-order valence-corrected chi connectivity index (χ1v) is 11.5. The third-order valence-corrected chi connectivity index (χ3v) is 6.64. The van der Waals surface area contributed by atoms with Crippen LogP contribution in [0.2, 0.25) is 0 Å². The summed E-state index contributed by atoms with van der Waals surface area (Å²) in [4.78, 5) is 37.0. The minimum Gasteiger partial charge on any atom is -0.497 e. The second-order valence-electron chi connectivity index (χ2n) is 8.25. The summed E-state index contributed by atoms with van der Waals surface area (Å²) < 4.78 is 5.22. The van der Waals surface area contributed by atoms with Crippen LogP contribution in [0, 0.1) is 0 Å². The second kappa shape index (κ2) is 9.33. The molecule has 0 aliphatic carbocycles. The van der Waals surface area contributed by atoms with Crippen molar-refractivity contribution in [2.45, 2.75) is 26.4 Å². The molecule has 4 rings (SSSR count). The molecular formula is C22H29N5O3S. The Morgan fingerprint density at radius 2 is 1.74 bits per heavy atom. The van der Waals surface area contributed by atoms with Crippen molar-refractivity contribution in [2.75, 3.05) is 46.5 Å². The van der Waals surface area contributed by atoms with Crippen molar-refractivity contribution in [3.63, 3.8) is 0 Å². The number of benzene rings is 1. The van der Waals surface area contributed by atoms with Crippen molar-refractivity contribution in [3.8, 4) is 16.3 Å². The molecule has 0 spiro atoms. The number of urea groups is 1. The van der Waals surface area contributed by atoms with Crippen LogP contribution in [0.15, 0.2) is 29.6 Å². The first-order valence-electron chi connectivity index (χ1n) is 10.6. The molecule has 2 aliphatic rings. The van der Waals surface area contributed by atoms with Gasteiger partial charge in [0.2, 0.25) is 0 Å². The minimum absolute atomic E-state index is 0.0947. The highest BCUT2D eigenvalue weighted by Gasteiger charge is 2.38. The number of carbonyl (C=O) groups is 2. The van der Waals surface area contributed by atoms with Crippen LogP contribution < -0.4 is 4.74 Å². The van der Waals surface area contributed by atoms with Gasteiger partial charge in [-0.3, -0.25) is 19.5 Å². The number of nitrogens with zero attached hydrogens (tertiary/aromatic N) is 5. The van der Waals surface area contributed by atoms with Crippen LogP contribution in [0.25, 0.3) is 10.6 Å². The molecule has 2 aromatic rings. The highest BCUT2D eigenvalue weighted by Crippen LogP contribution is 2.26. The number of carbonyl (C=O) groups excluding carboxylic acids is 2. The number of hydrogen-bond acceptors (Lipinski definition) is 7. The van der Waals surface area contributed by atoms with Crippen molar-refractivity contribution in [2.24, 2.45) is 0 Å². The van der Waals surface area contributed by atoms with E-state index in [0.29, 0.717) is 6.67 Å². The molecule has 9 heteroatoms. The summed E-state index contributed by atoms with van der Waals surface area (Å²) in [6, 6.07) is 7.71. The van der Waals surface area contributed by atoms with Crippen LogP contribution in [0.3, 0.4) is 0 Å². The number of piperazine rings is 1. The maximum absolute atomic E-state index is 12.5. The second-order valence-corrected chi connectivity index (χ2v) is 9.10. The van der Waals surface area contributed by atoms with E-state index in [1.165, 1.54) is 4.90 Å². The fourth-order valence-corrected chi connectivity index (χ4v) is 4.81. The minimum atomic E-state index is -0.170. The summed E-state index contributed by atoms with van der Waals surface area (Å²) in [5.41, 5.74) is 2.18. The molecule has 2 fully saturated rings. The van der Waals surface area contributed by atoms with Crippen LogP contribution in [0.1, 0.15) is 19.5 Å². The van der Waals surface area contributed by atoms with Crippen molar-refractivity contribution >= 4 is 23.3 Å². The van der Waals surface area contributed by atoms with Crippen LogP contribution in [-0.2, 0) is 11.3 Å². The van der Waals surface area contributed by atoms with Gasteiger partial charge in [0.05, 0.1) is 19.5 Å². The Balaban J connectivity index is 1.27. The largest absolute Gasteiger partial charge is 0.497 e. The molecule has 2 saturated heterocycles. The van der Waals surface area contributed by atoms with Crippen LogP contribution in [0.5, 0.6) is 5.75 Å². The number of hydrogen-bond donors (Lipinski definition) is 0. The predicted octanol–water partition coefficient (Wildman–Crippen LogP) is 2.57. The number of amides is 3. The molecule has 0 radical (unpaired) electrons. The molecule has 166 valence electrons. The summed E-state index contributed by atoms with van der Waals surface area (Å²) in [7, 11) is 1.67. The number of rotatable bonds is 7. The molecule has 0 atom stereocenters. The van der Waals surface area contributed by atoms with Crippen molar-refractivity contribution in [3.05, 3.63) is 35.3 Å². The maximum Gasteiger partial charge on any atom is 0.328 e. The number of imide groups is 1. The summed E-state index contributed by atoms with van der Waals surface area (Å²) in [6.07, 6.45) is 0. The Bertz CT molecular complexity index is 921. The summed E-state index contributed by atoms with van der Waals surface area (Å²) >= 11 is 1.66. The van der Waals surface area contributed by atoms with E-state index in [-0.39, 0.29) is 24.5 Å². The van der Waals surface area contributed by atoms with E-state index in [1.807, 2.05) is 38.1 Å². The van der Waals surface area contributed by atoms with E-state index >= 15 is 0 Å². The molecule has 1 aromatic heterocycles. The van der Waals surface area contributed by atoms with Gasteiger partial charge in [0, 0.05) is 49.7 Å². The molecule has 1 aromatic carbocycles. The Morgan fingerprint density at radius 1 is 1.06 bits per heavy atom. The molecule has 0 saturated carbocycles. The zero-order valence-corrected chi connectivity index (χ0v) is 19.1. The summed E-state index contributed by atoms with van der Waals surface area (Å²) in [6.45, 7) is 8.84. The van der Waals surface area contributed by atoms with Gasteiger partial charge < -0.3 is 9.64 Å². The molecule has 0 unspecified atom stereocenters. The summed E-state index contributed by atoms with van der Waals surface area (Å²) in [5, 5.41) is 3.14. The first kappa shape index (κ1) is 21.7. The normalized spacial score (nSPS) is 18.5. The lowest BCUT2D eigenvalue weighted by Crippen LogP contribution is -2.50. The van der Waals surface area contributed by atoms with Crippen molar-refractivity contribution < 1.29 is 14.3 Å². The van der Waals surface area contributed by atoms with Crippen LogP contribution in [0.4, 0.5) is 4.79 Å². The molecular weight excluding hydrogens is 414 g/mol. The Labute approximate surface area is 187 Å². The van der Waals surface area contributed by atoms with Crippen molar-refractivity contribution in [1.29, 1.82) is 0 Å². The quantitative estimate of drug-likeness (QED) is 0.613. The Hall–Kier alpha value is -2.49. The topological polar surface area (TPSA) is 69.2 Å². The number of methoxy groups -OCH3 is 1. The fraction of sp³-hybridized carbons (Fsp3) is 0.500. The zero-order valence-electron chi connectivity index (χ0n) is 18.3. The molecule has 0 bridgehead atoms. The molecule has 3 amide bonds. The summed E-state index contributed by atoms with van der Waals surface area (Å²) in [5.74, 6) is 0.741. The SMILES string of the molecule is COc1ccc(-c2nc(CN3CCN(CN4CC(=O)N(C(C)C)C4=O)CC3)cs2)cc1. The number of thiazole rings is 1. The fourth-order valence-electron chi connectivity index (χ4n) is 3.99. The van der Waals surface area contributed by atoms with E-state index in [2.05, 4.69) is 15.2 Å². The lowest BCUT2D eigenvalue weighted by molar-refractivity contribution is -0.126. The lowest BCUT2D eigenvalue weighted by atomic mass is 10.2. The van der Waals surface area contributed by atoms with Gasteiger partial charge in [-0.1, -0.05) is 0 Å². The lowest BCUT2D eigenvalue weighted by Gasteiger charge is -2.36. The molecule has 3 heterocycles. The molecule has 8 nitrogen and oxygen atoms in total. The maximum atomic E-state index is 12.5. The van der Waals surface area contributed by atoms with Crippen molar-refractivity contribution in [1.82, 2.24) is 24.6 Å². The van der Waals surface area contributed by atoms with Crippen LogP contribution in [-0.4, -0.2) is 89.1 Å². The molecule has 31 heavy (non-hydrogen) atoms. The monoisotopic (exact) mass is 443 g/mol. The molecule has 2 aliphatic heterocycles. The van der Waals surface area contributed by atoms with Gasteiger partial charge in [0.1, 0.15) is 17.3 Å². The number of ether oxygens (including phenoxy) is 1. The van der Waals surface area contributed by atoms with Gasteiger partial charge in [0.15, 0.2) is 0 Å². The van der Waals surface area contributed by atoms with Gasteiger partial charge in [-0.25, -0.2) is 9.78 Å². The average molecular weight is 444 g/mol. The Morgan fingerprint density at radius 3 is 2.35 bits per heavy atom. The molecule has 0 N–H and O–H groups in total. The third kappa shape index (κ3) is 4.89. The Kier molecular flexibility index (Phi) is 6.54. The number of aromatic nitrogens is 1. The zero-order chi connectivity index (χ0) is 22.0. The smallest absolute Gasteiger partial charge is 0.328 e. The first-order chi connectivity index (χ1) is 14.9. The van der Waals surface area contributed by atoms with E-state index in [1.54, 1.807) is 23.3 Å². The van der Waals surface area contributed by atoms with E-state index in [0.717, 1.165) is 54.7 Å². The van der Waals surface area contributed by atoms with Gasteiger partial charge in [-0.2, -0.15) is 0 Å². The third-order valence-electron chi connectivity index (χ3n) is 5.70. The van der Waals surface area contributed by atoms with Crippen LogP contribution >= 0.6 is 11.3 Å². The van der Waals surface area contributed by atoms with Gasteiger partial charge in [-0.15, -0.1) is 11.3 Å². The standard InChI is InChI=1S/C22H29N5O3S/c1-16(2)27-20(28)13-26(22(27)29)15-25-10-8-24(9-11-25)12-18-14-31-21(23-18)17-4-6-19(30-3)7-5-17/h4-7,14,16H,8-13,15H2,1-3H3. The highest BCUT2D eigenvalue weighted by molar-refractivity contribution is 7.13. The van der Waals surface area contributed by atoms with E-state index in [9.17, 15) is 9.59 Å².